The summed E-state index contributed by atoms with van der Waals surface area (Å²) in [5, 5.41) is 20.3. The van der Waals surface area contributed by atoms with Gasteiger partial charge in [0.15, 0.2) is 0 Å². The number of benzene rings is 1. The van der Waals surface area contributed by atoms with E-state index < -0.39 is 10.7 Å². The zero-order valence-corrected chi connectivity index (χ0v) is 9.30. The first-order chi connectivity index (χ1) is 8.06. The Morgan fingerprint density at radius 2 is 2.18 bits per heavy atom. The average Bonchev–Trinajstić information content (AvgIpc) is 2.63. The van der Waals surface area contributed by atoms with E-state index in [-0.39, 0.29) is 17.7 Å². The van der Waals surface area contributed by atoms with Crippen LogP contribution in [0.5, 0.6) is 0 Å². The molecule has 1 aromatic carbocycles. The number of halogens is 1. The van der Waals surface area contributed by atoms with E-state index in [0.717, 1.165) is 25.3 Å². The average molecular weight is 239 g/mol. The van der Waals surface area contributed by atoms with Crippen LogP contribution >= 0.6 is 0 Å². The lowest BCUT2D eigenvalue weighted by Crippen LogP contribution is -2.15. The van der Waals surface area contributed by atoms with Gasteiger partial charge in [0.1, 0.15) is 5.82 Å². The fraction of sp³-hybridized carbons (Fsp3) is 0.500. The van der Waals surface area contributed by atoms with Crippen LogP contribution in [0.25, 0.3) is 0 Å². The number of nitro groups is 1. The highest BCUT2D eigenvalue weighted by molar-refractivity contribution is 5.35. The number of hydrogen-bond acceptors (Lipinski definition) is 3. The molecule has 0 saturated heterocycles. The summed E-state index contributed by atoms with van der Waals surface area (Å²) >= 11 is 0. The Morgan fingerprint density at radius 1 is 1.41 bits per heavy atom. The third-order valence-corrected chi connectivity index (χ3v) is 3.27. The number of aliphatic hydroxyl groups is 1. The Balaban J connectivity index is 2.17. The maximum Gasteiger partial charge on any atom is 0.272 e. The third-order valence-electron chi connectivity index (χ3n) is 3.27. The SMILES string of the molecule is O=[N+]([O-])c1cc(F)cc(CC2CCCC2O)c1. The topological polar surface area (TPSA) is 63.4 Å². The van der Waals surface area contributed by atoms with Crippen molar-refractivity contribution in [3.63, 3.8) is 0 Å². The van der Waals surface area contributed by atoms with E-state index in [1.807, 2.05) is 0 Å². The first kappa shape index (κ1) is 12.0. The second-order valence-electron chi connectivity index (χ2n) is 4.54. The van der Waals surface area contributed by atoms with Crippen LogP contribution in [-0.4, -0.2) is 16.1 Å². The van der Waals surface area contributed by atoms with Gasteiger partial charge in [0.05, 0.1) is 17.1 Å². The molecular formula is C12H14FNO3. The summed E-state index contributed by atoms with van der Waals surface area (Å²) in [7, 11) is 0. The fourth-order valence-corrected chi connectivity index (χ4v) is 2.41. The third kappa shape index (κ3) is 2.79. The van der Waals surface area contributed by atoms with Crippen molar-refractivity contribution in [2.24, 2.45) is 5.92 Å². The molecule has 17 heavy (non-hydrogen) atoms. The number of aliphatic hydroxyl groups excluding tert-OH is 1. The van der Waals surface area contributed by atoms with E-state index in [0.29, 0.717) is 12.0 Å². The van der Waals surface area contributed by atoms with Gasteiger partial charge in [-0.15, -0.1) is 0 Å². The van der Waals surface area contributed by atoms with Gasteiger partial charge in [-0.3, -0.25) is 10.1 Å². The summed E-state index contributed by atoms with van der Waals surface area (Å²) in [6.07, 6.45) is 2.76. The smallest absolute Gasteiger partial charge is 0.272 e. The maximum absolute atomic E-state index is 13.2. The molecular weight excluding hydrogens is 225 g/mol. The molecule has 4 nitrogen and oxygen atoms in total. The fourth-order valence-electron chi connectivity index (χ4n) is 2.41. The molecule has 1 aromatic rings. The maximum atomic E-state index is 13.2. The Labute approximate surface area is 98.2 Å². The lowest BCUT2D eigenvalue weighted by atomic mass is 9.96. The normalized spacial score (nSPS) is 23.9. The second kappa shape index (κ2) is 4.79. The quantitative estimate of drug-likeness (QED) is 0.650. The summed E-state index contributed by atoms with van der Waals surface area (Å²) in [4.78, 5) is 10.00. The second-order valence-corrected chi connectivity index (χ2v) is 4.54. The van der Waals surface area contributed by atoms with Crippen molar-refractivity contribution < 1.29 is 14.4 Å². The molecule has 2 rings (SSSR count). The molecule has 92 valence electrons. The van der Waals surface area contributed by atoms with E-state index in [1.165, 1.54) is 12.1 Å². The van der Waals surface area contributed by atoms with Crippen LogP contribution in [0.15, 0.2) is 18.2 Å². The van der Waals surface area contributed by atoms with Crippen molar-refractivity contribution in [1.82, 2.24) is 0 Å². The highest BCUT2D eigenvalue weighted by atomic mass is 19.1. The van der Waals surface area contributed by atoms with Gasteiger partial charge in [0.2, 0.25) is 0 Å². The Bertz CT molecular complexity index is 436. The molecule has 1 aliphatic rings. The molecule has 0 aliphatic heterocycles. The molecule has 1 aliphatic carbocycles. The van der Waals surface area contributed by atoms with E-state index in [9.17, 15) is 19.6 Å². The molecule has 1 N–H and O–H groups in total. The minimum atomic E-state index is -0.600. The highest BCUT2D eigenvalue weighted by Gasteiger charge is 2.25. The molecule has 0 bridgehead atoms. The van der Waals surface area contributed by atoms with Gasteiger partial charge in [-0.1, -0.05) is 6.42 Å². The first-order valence-electron chi connectivity index (χ1n) is 5.68. The molecule has 5 heteroatoms. The molecule has 0 amide bonds. The summed E-state index contributed by atoms with van der Waals surface area (Å²) in [6.45, 7) is 0. The molecule has 0 heterocycles. The Kier molecular flexibility index (Phi) is 3.38. The lowest BCUT2D eigenvalue weighted by Gasteiger charge is -2.14. The summed E-state index contributed by atoms with van der Waals surface area (Å²) in [5.74, 6) is -0.502. The van der Waals surface area contributed by atoms with Gasteiger partial charge in [-0.2, -0.15) is 0 Å². The Morgan fingerprint density at radius 3 is 2.76 bits per heavy atom. The molecule has 2 unspecified atom stereocenters. The van der Waals surface area contributed by atoms with Crippen molar-refractivity contribution in [3.8, 4) is 0 Å². The standard InChI is InChI=1S/C12H14FNO3/c13-10-5-8(6-11(7-10)14(16)17)4-9-2-1-3-12(9)15/h5-7,9,12,15H,1-4H2. The summed E-state index contributed by atoms with van der Waals surface area (Å²) in [6, 6.07) is 3.60. The van der Waals surface area contributed by atoms with Crippen LogP contribution < -0.4 is 0 Å². The van der Waals surface area contributed by atoms with Crippen LogP contribution in [0.1, 0.15) is 24.8 Å². The van der Waals surface area contributed by atoms with Gasteiger partial charge in [0, 0.05) is 6.07 Å². The number of hydrogen-bond donors (Lipinski definition) is 1. The van der Waals surface area contributed by atoms with Gasteiger partial charge in [-0.05, 0) is 36.8 Å². The van der Waals surface area contributed by atoms with Gasteiger partial charge in [-0.25, -0.2) is 4.39 Å². The molecule has 1 saturated carbocycles. The van der Waals surface area contributed by atoms with E-state index in [4.69, 9.17) is 0 Å². The minimum Gasteiger partial charge on any atom is -0.393 e. The van der Waals surface area contributed by atoms with Crippen LogP contribution in [-0.2, 0) is 6.42 Å². The van der Waals surface area contributed by atoms with E-state index in [2.05, 4.69) is 0 Å². The van der Waals surface area contributed by atoms with Gasteiger partial charge < -0.3 is 5.11 Å². The Hall–Kier alpha value is -1.49. The van der Waals surface area contributed by atoms with Crippen LogP contribution in [0.4, 0.5) is 10.1 Å². The van der Waals surface area contributed by atoms with Crippen molar-refractivity contribution in [2.45, 2.75) is 31.8 Å². The van der Waals surface area contributed by atoms with Gasteiger partial charge in [0.25, 0.3) is 5.69 Å². The summed E-state index contributed by atoms with van der Waals surface area (Å²) in [5.41, 5.74) is 0.357. The molecule has 0 aromatic heterocycles. The number of nitrogens with zero attached hydrogens (tertiary/aromatic N) is 1. The predicted molar refractivity (Wildman–Crippen MR) is 60.1 cm³/mol. The zero-order valence-electron chi connectivity index (χ0n) is 9.30. The van der Waals surface area contributed by atoms with Crippen LogP contribution in [0, 0.1) is 21.8 Å². The monoisotopic (exact) mass is 239 g/mol. The summed E-state index contributed by atoms with van der Waals surface area (Å²) < 4.78 is 13.2. The zero-order chi connectivity index (χ0) is 12.4. The van der Waals surface area contributed by atoms with Gasteiger partial charge >= 0.3 is 0 Å². The largest absolute Gasteiger partial charge is 0.393 e. The van der Waals surface area contributed by atoms with Crippen molar-refractivity contribution in [3.05, 3.63) is 39.7 Å². The minimum absolute atomic E-state index is 0.0939. The lowest BCUT2D eigenvalue weighted by molar-refractivity contribution is -0.385. The highest BCUT2D eigenvalue weighted by Crippen LogP contribution is 2.29. The molecule has 2 atom stereocenters. The van der Waals surface area contributed by atoms with Crippen LogP contribution in [0.2, 0.25) is 0 Å². The first-order valence-corrected chi connectivity index (χ1v) is 5.68. The number of rotatable bonds is 3. The van der Waals surface area contributed by atoms with E-state index in [1.54, 1.807) is 0 Å². The number of non-ortho nitro benzene ring substituents is 1. The molecule has 0 spiro atoms. The van der Waals surface area contributed by atoms with Crippen molar-refractivity contribution >= 4 is 5.69 Å². The number of nitro benzene ring substituents is 1. The van der Waals surface area contributed by atoms with Crippen molar-refractivity contribution in [2.75, 3.05) is 0 Å². The van der Waals surface area contributed by atoms with E-state index >= 15 is 0 Å². The molecule has 1 fully saturated rings. The van der Waals surface area contributed by atoms with Crippen LogP contribution in [0.3, 0.4) is 0 Å². The van der Waals surface area contributed by atoms with Crippen molar-refractivity contribution in [1.29, 1.82) is 0 Å². The predicted octanol–water partition coefficient (Wildman–Crippen LogP) is 2.44. The molecule has 0 radical (unpaired) electrons.